The van der Waals surface area contributed by atoms with Crippen LogP contribution in [0.15, 0.2) is 0 Å². The Labute approximate surface area is 71.1 Å². The Balaban J connectivity index is 2.69. The fourth-order valence-corrected chi connectivity index (χ4v) is 1.05. The van der Waals surface area contributed by atoms with E-state index >= 15 is 0 Å². The minimum atomic E-state index is 0.938. The molecule has 0 aliphatic carbocycles. The molecule has 0 rings (SSSR count). The van der Waals surface area contributed by atoms with Crippen molar-refractivity contribution in [3.63, 3.8) is 0 Å². The average Bonchev–Trinajstić information content (AvgIpc) is 2.03. The van der Waals surface area contributed by atoms with Gasteiger partial charge in [-0.25, -0.2) is 0 Å². The molecule has 0 bridgehead atoms. The van der Waals surface area contributed by atoms with E-state index < -0.39 is 0 Å². The van der Waals surface area contributed by atoms with E-state index in [0.717, 1.165) is 19.6 Å². The molecule has 0 N–H and O–H groups in total. The van der Waals surface area contributed by atoms with Crippen LogP contribution in [0.25, 0.3) is 0 Å². The predicted octanol–water partition coefficient (Wildman–Crippen LogP) is 3.38. The highest BCUT2D eigenvalue weighted by atomic mass is 16.5. The lowest BCUT2D eigenvalue weighted by Gasteiger charge is -2.01. The Morgan fingerprint density at radius 3 is 2.09 bits per heavy atom. The van der Waals surface area contributed by atoms with Gasteiger partial charge in [-0.05, 0) is 12.8 Å². The second kappa shape index (κ2) is 9.96. The van der Waals surface area contributed by atoms with Gasteiger partial charge >= 0.3 is 0 Å². The minimum absolute atomic E-state index is 0.938. The number of hydrogen-bond donors (Lipinski definition) is 0. The molecule has 0 unspecified atom stereocenters. The van der Waals surface area contributed by atoms with E-state index in [0.29, 0.717) is 0 Å². The van der Waals surface area contributed by atoms with Crippen molar-refractivity contribution >= 4 is 0 Å². The van der Waals surface area contributed by atoms with E-state index in [9.17, 15) is 0 Å². The fraction of sp³-hybridized carbons (Fsp3) is 1.00. The van der Waals surface area contributed by atoms with Gasteiger partial charge in [0.2, 0.25) is 0 Å². The fourth-order valence-electron chi connectivity index (χ4n) is 1.05. The van der Waals surface area contributed by atoms with Crippen molar-refractivity contribution in [3.05, 3.63) is 0 Å². The van der Waals surface area contributed by atoms with Crippen molar-refractivity contribution in [3.8, 4) is 0 Å². The van der Waals surface area contributed by atoms with Crippen LogP contribution in [-0.4, -0.2) is 13.2 Å². The highest BCUT2D eigenvalue weighted by Crippen LogP contribution is 2.02. The van der Waals surface area contributed by atoms with Crippen molar-refractivity contribution < 1.29 is 4.74 Å². The molecule has 1 nitrogen and oxygen atoms in total. The molecule has 0 spiro atoms. The maximum atomic E-state index is 5.36. The molecule has 0 aromatic carbocycles. The molecule has 0 radical (unpaired) electrons. The van der Waals surface area contributed by atoms with Gasteiger partial charge in [-0.3, -0.25) is 0 Å². The highest BCUT2D eigenvalue weighted by Gasteiger charge is 1.88. The molecular weight excluding hydrogens is 136 g/mol. The van der Waals surface area contributed by atoms with Crippen molar-refractivity contribution in [2.45, 2.75) is 52.4 Å². The van der Waals surface area contributed by atoms with Crippen LogP contribution >= 0.6 is 0 Å². The summed E-state index contributed by atoms with van der Waals surface area (Å²) in [6.45, 7) is 6.30. The van der Waals surface area contributed by atoms with Crippen LogP contribution in [-0.2, 0) is 4.74 Å². The molecule has 0 aliphatic heterocycles. The van der Waals surface area contributed by atoms with Crippen molar-refractivity contribution in [1.82, 2.24) is 0 Å². The Kier molecular flexibility index (Phi) is 9.92. The van der Waals surface area contributed by atoms with E-state index in [1.54, 1.807) is 0 Å². The third-order valence-corrected chi connectivity index (χ3v) is 1.74. The van der Waals surface area contributed by atoms with Gasteiger partial charge in [-0.15, -0.1) is 0 Å². The van der Waals surface area contributed by atoms with Crippen LogP contribution in [0.5, 0.6) is 0 Å². The zero-order chi connectivity index (χ0) is 8.36. The van der Waals surface area contributed by atoms with Gasteiger partial charge in [-0.1, -0.05) is 39.5 Å². The molecule has 0 saturated heterocycles. The second-order valence-corrected chi connectivity index (χ2v) is 3.03. The first kappa shape index (κ1) is 11.0. The predicted molar refractivity (Wildman–Crippen MR) is 49.9 cm³/mol. The average molecular weight is 158 g/mol. The molecular formula is C10H22O. The SMILES string of the molecule is CCCCCCCOCCC. The Morgan fingerprint density at radius 1 is 0.727 bits per heavy atom. The summed E-state index contributed by atoms with van der Waals surface area (Å²) in [7, 11) is 0. The first-order chi connectivity index (χ1) is 5.41. The Bertz CT molecular complexity index is 53.9. The standard InChI is InChI=1S/C10H22O/c1-3-5-6-7-8-10-11-9-4-2/h3-10H2,1-2H3. The molecule has 68 valence electrons. The summed E-state index contributed by atoms with van der Waals surface area (Å²) in [5, 5.41) is 0. The lowest BCUT2D eigenvalue weighted by Crippen LogP contribution is -1.95. The van der Waals surface area contributed by atoms with E-state index in [1.165, 1.54) is 32.1 Å². The summed E-state index contributed by atoms with van der Waals surface area (Å²) in [6.07, 6.45) is 7.84. The molecule has 0 heterocycles. The van der Waals surface area contributed by atoms with Gasteiger partial charge in [0.1, 0.15) is 0 Å². The minimum Gasteiger partial charge on any atom is -0.381 e. The molecule has 0 aromatic heterocycles. The van der Waals surface area contributed by atoms with Gasteiger partial charge in [0.15, 0.2) is 0 Å². The van der Waals surface area contributed by atoms with E-state index in [2.05, 4.69) is 13.8 Å². The van der Waals surface area contributed by atoms with Gasteiger partial charge in [0.25, 0.3) is 0 Å². The molecule has 1 heteroatoms. The second-order valence-electron chi connectivity index (χ2n) is 3.03. The topological polar surface area (TPSA) is 9.23 Å². The maximum absolute atomic E-state index is 5.36. The van der Waals surface area contributed by atoms with Gasteiger partial charge in [0.05, 0.1) is 0 Å². The molecule has 11 heavy (non-hydrogen) atoms. The van der Waals surface area contributed by atoms with Crippen LogP contribution in [0.4, 0.5) is 0 Å². The van der Waals surface area contributed by atoms with Crippen LogP contribution < -0.4 is 0 Å². The van der Waals surface area contributed by atoms with Gasteiger partial charge in [-0.2, -0.15) is 0 Å². The largest absolute Gasteiger partial charge is 0.381 e. The normalized spacial score (nSPS) is 10.4. The van der Waals surface area contributed by atoms with Crippen molar-refractivity contribution in [1.29, 1.82) is 0 Å². The van der Waals surface area contributed by atoms with E-state index in [4.69, 9.17) is 4.74 Å². The summed E-state index contributed by atoms with van der Waals surface area (Å²) >= 11 is 0. The Morgan fingerprint density at radius 2 is 1.45 bits per heavy atom. The summed E-state index contributed by atoms with van der Waals surface area (Å²) < 4.78 is 5.36. The first-order valence-corrected chi connectivity index (χ1v) is 4.99. The van der Waals surface area contributed by atoms with Crippen LogP contribution in [0.1, 0.15) is 52.4 Å². The smallest absolute Gasteiger partial charge is 0.0466 e. The van der Waals surface area contributed by atoms with Crippen molar-refractivity contribution in [2.24, 2.45) is 0 Å². The number of ether oxygens (including phenoxy) is 1. The molecule has 0 fully saturated rings. The summed E-state index contributed by atoms with van der Waals surface area (Å²) in [6, 6.07) is 0. The van der Waals surface area contributed by atoms with Crippen LogP contribution in [0.3, 0.4) is 0 Å². The lowest BCUT2D eigenvalue weighted by atomic mass is 10.2. The number of hydrogen-bond acceptors (Lipinski definition) is 1. The monoisotopic (exact) mass is 158 g/mol. The van der Waals surface area contributed by atoms with Gasteiger partial charge in [0, 0.05) is 13.2 Å². The molecule has 0 amide bonds. The van der Waals surface area contributed by atoms with Crippen molar-refractivity contribution in [2.75, 3.05) is 13.2 Å². The number of rotatable bonds is 8. The lowest BCUT2D eigenvalue weighted by molar-refractivity contribution is 0.130. The van der Waals surface area contributed by atoms with Crippen LogP contribution in [0.2, 0.25) is 0 Å². The summed E-state index contributed by atoms with van der Waals surface area (Å²) in [5.41, 5.74) is 0. The summed E-state index contributed by atoms with van der Waals surface area (Å²) in [4.78, 5) is 0. The molecule has 0 saturated carbocycles. The summed E-state index contributed by atoms with van der Waals surface area (Å²) in [5.74, 6) is 0. The maximum Gasteiger partial charge on any atom is 0.0466 e. The first-order valence-electron chi connectivity index (χ1n) is 4.99. The molecule has 0 aliphatic rings. The molecule has 0 atom stereocenters. The van der Waals surface area contributed by atoms with Crippen LogP contribution in [0, 0.1) is 0 Å². The molecule has 0 aromatic rings. The van der Waals surface area contributed by atoms with Gasteiger partial charge < -0.3 is 4.74 Å². The number of unbranched alkanes of at least 4 members (excludes halogenated alkanes) is 4. The third kappa shape index (κ3) is 9.96. The zero-order valence-corrected chi connectivity index (χ0v) is 8.07. The highest BCUT2D eigenvalue weighted by molar-refractivity contribution is 4.41. The zero-order valence-electron chi connectivity index (χ0n) is 8.07. The van der Waals surface area contributed by atoms with E-state index in [1.807, 2.05) is 0 Å². The Hall–Kier alpha value is -0.0400. The quantitative estimate of drug-likeness (QED) is 0.492. The third-order valence-electron chi connectivity index (χ3n) is 1.74. The van der Waals surface area contributed by atoms with E-state index in [-0.39, 0.29) is 0 Å².